The van der Waals surface area contributed by atoms with E-state index in [9.17, 15) is 13.2 Å². The van der Waals surface area contributed by atoms with Crippen molar-refractivity contribution in [1.29, 1.82) is 0 Å². The Hall–Kier alpha value is -3.46. The zero-order valence-electron chi connectivity index (χ0n) is 16.6. The molecule has 1 N–H and O–H groups in total. The molecule has 154 valence electrons. The molecule has 0 aliphatic carbocycles. The molecule has 0 spiro atoms. The van der Waals surface area contributed by atoms with Crippen LogP contribution in [0.15, 0.2) is 66.1 Å². The smallest absolute Gasteiger partial charge is 0.251 e. The van der Waals surface area contributed by atoms with Gasteiger partial charge in [-0.25, -0.2) is 13.4 Å². The number of carbonyl (C=O) groups excluding carboxylic acids is 1. The summed E-state index contributed by atoms with van der Waals surface area (Å²) in [5.74, 6) is -0.450. The summed E-state index contributed by atoms with van der Waals surface area (Å²) in [6.45, 7) is 2.04. The lowest BCUT2D eigenvalue weighted by atomic mass is 10.1. The molecule has 3 aromatic heterocycles. The molecule has 1 amide bonds. The maximum absolute atomic E-state index is 12.8. The maximum atomic E-state index is 12.8. The average Bonchev–Trinajstić information content (AvgIpc) is 3.33. The van der Waals surface area contributed by atoms with Gasteiger partial charge in [0.05, 0.1) is 16.3 Å². The Labute approximate surface area is 174 Å². The van der Waals surface area contributed by atoms with Gasteiger partial charge in [0, 0.05) is 43.9 Å². The summed E-state index contributed by atoms with van der Waals surface area (Å²) in [6, 6.07) is 10.1. The van der Waals surface area contributed by atoms with Crippen molar-refractivity contribution in [2.75, 3.05) is 0 Å². The molecule has 0 unspecified atom stereocenters. The lowest BCUT2D eigenvalue weighted by Gasteiger charge is -2.10. The number of rotatable bonds is 6. The zero-order valence-corrected chi connectivity index (χ0v) is 17.4. The molecular weight excluding hydrogens is 402 g/mol. The first-order chi connectivity index (χ1) is 14.3. The Morgan fingerprint density at radius 1 is 1.13 bits per heavy atom. The number of aromatic nitrogens is 4. The summed E-state index contributed by atoms with van der Waals surface area (Å²) in [7, 11) is -1.82. The van der Waals surface area contributed by atoms with E-state index in [1.54, 1.807) is 43.2 Å². The van der Waals surface area contributed by atoms with Crippen LogP contribution in [0.1, 0.15) is 27.2 Å². The second-order valence-electron chi connectivity index (χ2n) is 7.13. The molecule has 8 nitrogen and oxygen atoms in total. The third-order valence-electron chi connectivity index (χ3n) is 4.78. The van der Waals surface area contributed by atoms with Crippen LogP contribution < -0.4 is 5.32 Å². The molecule has 0 aliphatic heterocycles. The predicted molar refractivity (Wildman–Crippen MR) is 112 cm³/mol. The van der Waals surface area contributed by atoms with Gasteiger partial charge >= 0.3 is 0 Å². The first-order valence-electron chi connectivity index (χ1n) is 9.33. The number of nitrogens with one attached hydrogen (secondary N) is 1. The first-order valence-corrected chi connectivity index (χ1v) is 11.0. The molecule has 9 heteroatoms. The van der Waals surface area contributed by atoms with Crippen LogP contribution in [0.5, 0.6) is 0 Å². The second kappa shape index (κ2) is 7.75. The minimum Gasteiger partial charge on any atom is -0.348 e. The molecular formula is C21H21N5O3S. The van der Waals surface area contributed by atoms with Crippen LogP contribution in [-0.4, -0.2) is 33.5 Å². The van der Waals surface area contributed by atoms with E-state index in [-0.39, 0.29) is 16.6 Å². The van der Waals surface area contributed by atoms with E-state index in [1.165, 1.54) is 12.1 Å². The van der Waals surface area contributed by atoms with Crippen molar-refractivity contribution in [1.82, 2.24) is 24.5 Å². The van der Waals surface area contributed by atoms with E-state index in [4.69, 9.17) is 0 Å². The number of aryl methyl sites for hydroxylation is 2. The van der Waals surface area contributed by atoms with E-state index in [0.29, 0.717) is 23.4 Å². The van der Waals surface area contributed by atoms with Gasteiger partial charge in [0.1, 0.15) is 5.65 Å². The van der Waals surface area contributed by atoms with Gasteiger partial charge in [-0.3, -0.25) is 9.48 Å². The Morgan fingerprint density at radius 2 is 1.97 bits per heavy atom. The molecule has 0 atom stereocenters. The SMILES string of the molecule is Cc1cc(C(=O)NCc2ccc3nccn3c2)ccc1S(=O)(=O)Cc1ccn(C)n1. The number of imidazole rings is 1. The van der Waals surface area contributed by atoms with Gasteiger partial charge in [-0.1, -0.05) is 6.07 Å². The molecule has 0 aliphatic rings. The highest BCUT2D eigenvalue weighted by molar-refractivity contribution is 7.90. The Morgan fingerprint density at radius 3 is 2.70 bits per heavy atom. The predicted octanol–water partition coefficient (Wildman–Crippen LogP) is 2.28. The van der Waals surface area contributed by atoms with Gasteiger partial charge in [-0.2, -0.15) is 5.10 Å². The molecule has 0 fully saturated rings. The summed E-state index contributed by atoms with van der Waals surface area (Å²) >= 11 is 0. The number of hydrogen-bond donors (Lipinski definition) is 1. The van der Waals surface area contributed by atoms with E-state index < -0.39 is 9.84 Å². The van der Waals surface area contributed by atoms with Gasteiger partial charge in [0.25, 0.3) is 5.91 Å². The topological polar surface area (TPSA) is 98.4 Å². The van der Waals surface area contributed by atoms with Gasteiger partial charge in [0.15, 0.2) is 9.84 Å². The molecule has 30 heavy (non-hydrogen) atoms. The van der Waals surface area contributed by atoms with Crippen molar-refractivity contribution >= 4 is 21.4 Å². The summed E-state index contributed by atoms with van der Waals surface area (Å²) in [6.07, 6.45) is 7.16. The number of amides is 1. The fourth-order valence-corrected chi connectivity index (χ4v) is 4.83. The van der Waals surface area contributed by atoms with E-state index >= 15 is 0 Å². The molecule has 0 saturated heterocycles. The Balaban J connectivity index is 1.47. The lowest BCUT2D eigenvalue weighted by Crippen LogP contribution is -2.23. The maximum Gasteiger partial charge on any atom is 0.251 e. The quantitative estimate of drug-likeness (QED) is 0.513. The summed E-state index contributed by atoms with van der Waals surface area (Å²) < 4.78 is 28.9. The van der Waals surface area contributed by atoms with Crippen LogP contribution in [0, 0.1) is 6.92 Å². The monoisotopic (exact) mass is 423 g/mol. The third-order valence-corrected chi connectivity index (χ3v) is 6.59. The van der Waals surface area contributed by atoms with Gasteiger partial charge in [-0.15, -0.1) is 0 Å². The number of pyridine rings is 1. The lowest BCUT2D eigenvalue weighted by molar-refractivity contribution is 0.0950. The van der Waals surface area contributed by atoms with Gasteiger partial charge in [0.2, 0.25) is 0 Å². The molecule has 1 aromatic carbocycles. The zero-order chi connectivity index (χ0) is 21.3. The highest BCUT2D eigenvalue weighted by atomic mass is 32.2. The van der Waals surface area contributed by atoms with Crippen LogP contribution in [0.4, 0.5) is 0 Å². The van der Waals surface area contributed by atoms with Crippen molar-refractivity contribution in [3.05, 3.63) is 83.6 Å². The molecule has 4 aromatic rings. The van der Waals surface area contributed by atoms with Crippen LogP contribution in [0.3, 0.4) is 0 Å². The Kier molecular flexibility index (Phi) is 5.13. The van der Waals surface area contributed by atoms with Crippen molar-refractivity contribution in [2.45, 2.75) is 24.1 Å². The first kappa shape index (κ1) is 19.8. The standard InChI is InChI=1S/C21H21N5O3S/c1-15-11-17(4-5-19(15)30(28,29)14-18-7-9-25(2)24-18)21(27)23-12-16-3-6-20-22-8-10-26(20)13-16/h3-11,13H,12,14H2,1-2H3,(H,23,27). The van der Waals surface area contributed by atoms with Gasteiger partial charge < -0.3 is 9.72 Å². The number of fused-ring (bicyclic) bond motifs is 1. The molecule has 3 heterocycles. The number of sulfone groups is 1. The summed E-state index contributed by atoms with van der Waals surface area (Å²) in [5, 5.41) is 7.00. The van der Waals surface area contributed by atoms with Crippen LogP contribution >= 0.6 is 0 Å². The third kappa shape index (κ3) is 4.11. The van der Waals surface area contributed by atoms with Crippen LogP contribution in [0.2, 0.25) is 0 Å². The number of carbonyl (C=O) groups is 1. The molecule has 4 rings (SSSR count). The highest BCUT2D eigenvalue weighted by Crippen LogP contribution is 2.21. The van der Waals surface area contributed by atoms with Crippen LogP contribution in [0.25, 0.3) is 5.65 Å². The van der Waals surface area contributed by atoms with Crippen LogP contribution in [-0.2, 0) is 29.2 Å². The minimum atomic E-state index is -3.56. The van der Waals surface area contributed by atoms with E-state index in [1.807, 2.05) is 28.9 Å². The second-order valence-corrected chi connectivity index (χ2v) is 9.09. The highest BCUT2D eigenvalue weighted by Gasteiger charge is 2.20. The van der Waals surface area contributed by atoms with E-state index in [0.717, 1.165) is 11.2 Å². The fraction of sp³-hybridized carbons (Fsp3) is 0.190. The van der Waals surface area contributed by atoms with Crippen molar-refractivity contribution in [2.24, 2.45) is 7.05 Å². The average molecular weight is 423 g/mol. The summed E-state index contributed by atoms with van der Waals surface area (Å²) in [4.78, 5) is 16.9. The normalized spacial score (nSPS) is 11.7. The number of benzene rings is 1. The fourth-order valence-electron chi connectivity index (χ4n) is 3.31. The van der Waals surface area contributed by atoms with Crippen molar-refractivity contribution < 1.29 is 13.2 Å². The molecule has 0 saturated carbocycles. The molecule has 0 radical (unpaired) electrons. The van der Waals surface area contributed by atoms with Gasteiger partial charge in [-0.05, 0) is 48.4 Å². The molecule has 0 bridgehead atoms. The van der Waals surface area contributed by atoms with Crippen molar-refractivity contribution in [3.63, 3.8) is 0 Å². The number of nitrogens with zero attached hydrogens (tertiary/aromatic N) is 4. The summed E-state index contributed by atoms with van der Waals surface area (Å²) in [5.41, 5.74) is 3.18. The minimum absolute atomic E-state index is 0.184. The largest absolute Gasteiger partial charge is 0.348 e. The number of hydrogen-bond acceptors (Lipinski definition) is 5. The Bertz CT molecular complexity index is 1340. The van der Waals surface area contributed by atoms with E-state index in [2.05, 4.69) is 15.4 Å². The van der Waals surface area contributed by atoms with Crippen molar-refractivity contribution in [3.8, 4) is 0 Å².